The number of rotatable bonds is 5. The van der Waals surface area contributed by atoms with Gasteiger partial charge in [-0.1, -0.05) is 19.3 Å². The Bertz CT molecular complexity index is 1050. The Kier molecular flexibility index (Phi) is 7.24. The number of nitrogens with zero attached hydrogens (tertiary/aromatic N) is 3. The summed E-state index contributed by atoms with van der Waals surface area (Å²) in [5, 5.41) is 4.51. The Balaban J connectivity index is 1.66. The first-order chi connectivity index (χ1) is 15.9. The summed E-state index contributed by atoms with van der Waals surface area (Å²) in [6.07, 6.45) is 7.11. The van der Waals surface area contributed by atoms with E-state index in [0.717, 1.165) is 6.42 Å². The van der Waals surface area contributed by atoms with E-state index >= 15 is 0 Å². The lowest BCUT2D eigenvalue weighted by Crippen LogP contribution is -2.56. The summed E-state index contributed by atoms with van der Waals surface area (Å²) in [4.78, 5) is 23.7. The van der Waals surface area contributed by atoms with Crippen LogP contribution in [0.3, 0.4) is 0 Å². The van der Waals surface area contributed by atoms with Crippen LogP contribution < -0.4 is 16.0 Å². The number of benzene rings is 1. The fraction of sp³-hybridized carbons (Fsp3) is 0.560. The Morgan fingerprint density at radius 3 is 2.73 bits per heavy atom. The quantitative estimate of drug-likeness (QED) is 0.527. The lowest BCUT2D eigenvalue weighted by molar-refractivity contribution is 0.0533. The largest absolute Gasteiger partial charge is 0.387 e. The first-order valence-electron chi connectivity index (χ1n) is 11.9. The summed E-state index contributed by atoms with van der Waals surface area (Å²) < 4.78 is 20.1. The predicted molar refractivity (Wildman–Crippen MR) is 129 cm³/mol. The van der Waals surface area contributed by atoms with Crippen molar-refractivity contribution in [1.82, 2.24) is 10.3 Å². The minimum atomic E-state index is -0.446. The van der Waals surface area contributed by atoms with Crippen LogP contribution in [0.5, 0.6) is 0 Å². The molecule has 0 radical (unpaired) electrons. The highest BCUT2D eigenvalue weighted by molar-refractivity contribution is 6.07. The van der Waals surface area contributed by atoms with E-state index in [1.807, 2.05) is 0 Å². The smallest absolute Gasteiger partial charge is 0.282 e. The lowest BCUT2D eigenvalue weighted by atomic mass is 9.92. The molecule has 2 unspecified atom stereocenters. The van der Waals surface area contributed by atoms with Gasteiger partial charge in [-0.25, -0.2) is 9.37 Å². The average Bonchev–Trinajstić information content (AvgIpc) is 2.81. The molecule has 33 heavy (non-hydrogen) atoms. The first-order valence-corrected chi connectivity index (χ1v) is 11.9. The van der Waals surface area contributed by atoms with E-state index in [2.05, 4.69) is 15.2 Å². The number of nitrogens with two attached hydrogens (primary N) is 1. The molecule has 0 spiro atoms. The molecule has 2 aromatic rings. The maximum Gasteiger partial charge on any atom is 0.282 e. The number of anilines is 1. The molecule has 3 N–H and O–H groups in total. The van der Waals surface area contributed by atoms with Gasteiger partial charge in [0.1, 0.15) is 17.5 Å². The summed E-state index contributed by atoms with van der Waals surface area (Å²) in [7, 11) is 1.73. The zero-order valence-electron chi connectivity index (χ0n) is 19.7. The summed E-state index contributed by atoms with van der Waals surface area (Å²) in [5.74, 6) is -0.0744. The number of carbonyl (C=O) groups excluding carboxylic acids is 1. The monoisotopic (exact) mass is 455 g/mol. The third kappa shape index (κ3) is 5.17. The van der Waals surface area contributed by atoms with Crippen LogP contribution >= 0.6 is 0 Å². The predicted octanol–water partition coefficient (Wildman–Crippen LogP) is 3.72. The number of fused-ring (bicyclic) bond motifs is 1. The highest BCUT2D eigenvalue weighted by Crippen LogP contribution is 2.30. The normalized spacial score (nSPS) is 22.7. The molecule has 2 heterocycles. The van der Waals surface area contributed by atoms with Crippen molar-refractivity contribution in [3.8, 4) is 0 Å². The van der Waals surface area contributed by atoms with Crippen LogP contribution in [0.1, 0.15) is 61.4 Å². The van der Waals surface area contributed by atoms with Crippen LogP contribution in [0.4, 0.5) is 10.2 Å². The number of aromatic nitrogens is 1. The molecule has 1 aromatic heterocycles. The van der Waals surface area contributed by atoms with Crippen molar-refractivity contribution < 1.29 is 13.9 Å². The molecule has 1 saturated carbocycles. The highest BCUT2D eigenvalue weighted by atomic mass is 19.1. The van der Waals surface area contributed by atoms with Crippen LogP contribution in [-0.4, -0.2) is 55.1 Å². The second kappa shape index (κ2) is 10.1. The number of pyridine rings is 1. The Hall–Kier alpha value is -2.58. The summed E-state index contributed by atoms with van der Waals surface area (Å²) in [6, 6.07) is 5.57. The van der Waals surface area contributed by atoms with Crippen LogP contribution in [0.15, 0.2) is 23.2 Å². The third-order valence-corrected chi connectivity index (χ3v) is 6.88. The van der Waals surface area contributed by atoms with E-state index in [0.29, 0.717) is 47.0 Å². The van der Waals surface area contributed by atoms with Crippen molar-refractivity contribution in [1.29, 1.82) is 0 Å². The van der Waals surface area contributed by atoms with Gasteiger partial charge in [-0.05, 0) is 51.3 Å². The molecule has 0 bridgehead atoms. The molecule has 2 fully saturated rings. The first kappa shape index (κ1) is 23.6. The fourth-order valence-corrected chi connectivity index (χ4v) is 5.08. The molecule has 7 nitrogen and oxygen atoms in total. The van der Waals surface area contributed by atoms with Crippen molar-refractivity contribution in [2.45, 2.75) is 70.6 Å². The van der Waals surface area contributed by atoms with Crippen molar-refractivity contribution in [2.75, 3.05) is 25.1 Å². The van der Waals surface area contributed by atoms with Gasteiger partial charge < -0.3 is 20.7 Å². The molecule has 178 valence electrons. The molecule has 8 heteroatoms. The minimum absolute atomic E-state index is 0.0468. The topological polar surface area (TPSA) is 92.8 Å². The molecule has 1 aromatic carbocycles. The summed E-state index contributed by atoms with van der Waals surface area (Å²) >= 11 is 0. The number of aliphatic imine (C=N–C) groups is 1. The number of hydrogen-bond donors (Lipinski definition) is 2. The van der Waals surface area contributed by atoms with Gasteiger partial charge in [0.25, 0.3) is 5.91 Å². The second-order valence-corrected chi connectivity index (χ2v) is 9.28. The van der Waals surface area contributed by atoms with Crippen LogP contribution in [-0.2, 0) is 4.74 Å². The SMILES string of the molecule is COC1CN(c2nc3c(C)c(F)ccc3cc2C(=O)N=C(C)N)CCC1NC1CCCCC1. The van der Waals surface area contributed by atoms with E-state index in [9.17, 15) is 9.18 Å². The van der Waals surface area contributed by atoms with Gasteiger partial charge in [0.15, 0.2) is 0 Å². The lowest BCUT2D eigenvalue weighted by Gasteiger charge is -2.41. The Labute approximate surface area is 194 Å². The summed E-state index contributed by atoms with van der Waals surface area (Å²) in [6.45, 7) is 4.58. The maximum absolute atomic E-state index is 14.3. The standard InChI is InChI=1S/C25H34FN5O2/c1-15-20(26)10-9-17-13-19(25(32)28-16(2)27)24(30-23(15)17)31-12-11-21(22(14-31)33-3)29-18-7-5-4-6-8-18/h9-10,13,18,21-22,29H,4-8,11-12,14H2,1-3H3,(H2,27,28,32). The number of hydrogen-bond acceptors (Lipinski definition) is 5. The molecular weight excluding hydrogens is 421 g/mol. The molecule has 1 aliphatic carbocycles. The van der Waals surface area contributed by atoms with Crippen LogP contribution in [0.25, 0.3) is 10.9 Å². The Morgan fingerprint density at radius 2 is 2.03 bits per heavy atom. The van der Waals surface area contributed by atoms with Gasteiger partial charge in [0.2, 0.25) is 0 Å². The van der Waals surface area contributed by atoms with Crippen molar-refractivity contribution in [3.63, 3.8) is 0 Å². The van der Waals surface area contributed by atoms with E-state index < -0.39 is 5.91 Å². The number of amides is 1. The van der Waals surface area contributed by atoms with E-state index in [4.69, 9.17) is 15.5 Å². The zero-order valence-corrected chi connectivity index (χ0v) is 19.7. The molecule has 1 aliphatic heterocycles. The van der Waals surface area contributed by atoms with Gasteiger partial charge in [-0.2, -0.15) is 4.99 Å². The number of halogens is 1. The van der Waals surface area contributed by atoms with Gasteiger partial charge in [0, 0.05) is 43.2 Å². The third-order valence-electron chi connectivity index (χ3n) is 6.88. The molecule has 2 aliphatic rings. The average molecular weight is 456 g/mol. The second-order valence-electron chi connectivity index (χ2n) is 9.28. The highest BCUT2D eigenvalue weighted by Gasteiger charge is 2.33. The van der Waals surface area contributed by atoms with Gasteiger partial charge in [-0.15, -0.1) is 0 Å². The molecule has 1 amide bonds. The van der Waals surface area contributed by atoms with Gasteiger partial charge in [-0.3, -0.25) is 4.79 Å². The molecule has 1 saturated heterocycles. The van der Waals surface area contributed by atoms with E-state index in [-0.39, 0.29) is 23.8 Å². The van der Waals surface area contributed by atoms with Gasteiger partial charge in [0.05, 0.1) is 17.2 Å². The van der Waals surface area contributed by atoms with E-state index in [1.54, 1.807) is 33.1 Å². The van der Waals surface area contributed by atoms with E-state index in [1.165, 1.54) is 38.2 Å². The Morgan fingerprint density at radius 1 is 1.27 bits per heavy atom. The van der Waals surface area contributed by atoms with Crippen molar-refractivity contribution in [2.24, 2.45) is 10.7 Å². The number of methoxy groups -OCH3 is 1. The van der Waals surface area contributed by atoms with Gasteiger partial charge >= 0.3 is 0 Å². The number of ether oxygens (including phenoxy) is 1. The number of aryl methyl sites for hydroxylation is 1. The van der Waals surface area contributed by atoms with Crippen molar-refractivity contribution >= 4 is 28.5 Å². The number of piperidine rings is 1. The number of amidine groups is 1. The number of carbonyl (C=O) groups is 1. The summed E-state index contributed by atoms with van der Waals surface area (Å²) in [5.41, 5.74) is 7.06. The minimum Gasteiger partial charge on any atom is -0.387 e. The van der Waals surface area contributed by atoms with Crippen LogP contribution in [0.2, 0.25) is 0 Å². The van der Waals surface area contributed by atoms with Crippen molar-refractivity contribution in [3.05, 3.63) is 35.1 Å². The zero-order chi connectivity index (χ0) is 23.5. The maximum atomic E-state index is 14.3. The molecule has 4 rings (SSSR count). The number of nitrogens with one attached hydrogen (secondary N) is 1. The molecule has 2 atom stereocenters. The fourth-order valence-electron chi connectivity index (χ4n) is 5.08. The van der Waals surface area contributed by atoms with Crippen LogP contribution in [0, 0.1) is 12.7 Å². The molecular formula is C25H34FN5O2.